The van der Waals surface area contributed by atoms with Crippen LogP contribution in [0.1, 0.15) is 49.9 Å². The van der Waals surface area contributed by atoms with E-state index in [1.165, 1.54) is 209 Å². The van der Waals surface area contributed by atoms with E-state index in [0.717, 1.165) is 55.9 Å². The van der Waals surface area contributed by atoms with Gasteiger partial charge in [-0.1, -0.05) is 331 Å². The first-order chi connectivity index (χ1) is 64.9. The molecular formula is C126H84N4O2. The van der Waals surface area contributed by atoms with Gasteiger partial charge in [-0.25, -0.2) is 0 Å². The minimum Gasteiger partial charge on any atom is -0.455 e. The third kappa shape index (κ3) is 11.4. The topological polar surface area (TPSA) is 46.0 Å². The van der Waals surface area contributed by atoms with Gasteiger partial charge in [0.15, 0.2) is 0 Å². The van der Waals surface area contributed by atoms with Crippen molar-refractivity contribution in [2.45, 2.75) is 38.5 Å². The maximum absolute atomic E-state index is 6.63. The highest BCUT2D eigenvalue weighted by atomic mass is 16.3. The zero-order valence-electron chi connectivity index (χ0n) is 73.2. The van der Waals surface area contributed by atoms with Crippen molar-refractivity contribution < 1.29 is 8.83 Å². The third-order valence-corrected chi connectivity index (χ3v) is 29.0. The Hall–Kier alpha value is -16.8. The molecule has 0 aliphatic heterocycles. The lowest BCUT2D eigenvalue weighted by molar-refractivity contribution is 0.653. The van der Waals surface area contributed by atoms with Crippen molar-refractivity contribution in [1.29, 1.82) is 0 Å². The maximum atomic E-state index is 6.63. The second kappa shape index (κ2) is 28.9. The van der Waals surface area contributed by atoms with Gasteiger partial charge >= 0.3 is 0 Å². The van der Waals surface area contributed by atoms with Crippen LogP contribution in [0.2, 0.25) is 0 Å². The largest absolute Gasteiger partial charge is 0.455 e. The lowest BCUT2D eigenvalue weighted by atomic mass is 9.82. The summed E-state index contributed by atoms with van der Waals surface area (Å²) in [6, 6.07) is 160. The summed E-state index contributed by atoms with van der Waals surface area (Å²) in [5, 5.41) is 14.6. The molecule has 20 aromatic carbocycles. The summed E-state index contributed by atoms with van der Waals surface area (Å²) in [5.74, 6) is 0. The van der Waals surface area contributed by atoms with Crippen molar-refractivity contribution in [2.24, 2.45) is 0 Å². The molecule has 0 radical (unpaired) electrons. The maximum Gasteiger partial charge on any atom is 0.143 e. The summed E-state index contributed by atoms with van der Waals surface area (Å²) in [7, 11) is 0. The Morgan fingerprint density at radius 1 is 0.167 bits per heavy atom. The molecule has 0 N–H and O–H groups in total. The normalized spacial score (nSPS) is 13.1. The molecule has 2 aliphatic carbocycles. The summed E-state index contributed by atoms with van der Waals surface area (Å²) in [4.78, 5) is 0. The van der Waals surface area contributed by atoms with Crippen LogP contribution in [-0.4, -0.2) is 18.3 Å². The van der Waals surface area contributed by atoms with Gasteiger partial charge in [-0.2, -0.15) is 0 Å². The van der Waals surface area contributed by atoms with Gasteiger partial charge in [0.05, 0.1) is 44.1 Å². The molecule has 6 heterocycles. The molecule has 0 unspecified atom stereocenters. The van der Waals surface area contributed by atoms with Gasteiger partial charge in [0.1, 0.15) is 22.3 Å². The van der Waals surface area contributed by atoms with E-state index in [-0.39, 0.29) is 10.8 Å². The molecule has 0 atom stereocenters. The monoisotopic (exact) mass is 1680 g/mol. The smallest absolute Gasteiger partial charge is 0.143 e. The average molecular weight is 1690 g/mol. The first kappa shape index (κ1) is 75.4. The van der Waals surface area contributed by atoms with Gasteiger partial charge in [-0.15, -0.1) is 0 Å². The lowest BCUT2D eigenvalue weighted by Crippen LogP contribution is -2.15. The molecule has 0 amide bonds. The van der Waals surface area contributed by atoms with Crippen molar-refractivity contribution in [1.82, 2.24) is 18.3 Å². The predicted octanol–water partition coefficient (Wildman–Crippen LogP) is 34.2. The average Bonchev–Trinajstić information content (AvgIpc) is 1.55. The predicted molar refractivity (Wildman–Crippen MR) is 553 cm³/mol. The van der Waals surface area contributed by atoms with E-state index in [1.54, 1.807) is 0 Å². The number of nitrogens with zero attached hydrogens (tertiary/aromatic N) is 4. The first-order valence-electron chi connectivity index (χ1n) is 45.8. The molecule has 28 rings (SSSR count). The number of hydrogen-bond acceptors (Lipinski definition) is 2. The van der Waals surface area contributed by atoms with Crippen LogP contribution in [0.5, 0.6) is 0 Å². The zero-order valence-corrected chi connectivity index (χ0v) is 73.2. The number of aromatic nitrogens is 4. The van der Waals surface area contributed by atoms with Crippen LogP contribution in [0, 0.1) is 0 Å². The Balaban J connectivity index is 0.000000135. The molecule has 132 heavy (non-hydrogen) atoms. The van der Waals surface area contributed by atoms with Gasteiger partial charge in [0, 0.05) is 109 Å². The molecule has 6 nitrogen and oxygen atoms in total. The Morgan fingerprint density at radius 2 is 0.447 bits per heavy atom. The summed E-state index contributed by atoms with van der Waals surface area (Å²) >= 11 is 0. The quantitative estimate of drug-likeness (QED) is 0.137. The van der Waals surface area contributed by atoms with E-state index in [4.69, 9.17) is 8.83 Å². The van der Waals surface area contributed by atoms with Crippen molar-refractivity contribution in [3.63, 3.8) is 0 Å². The van der Waals surface area contributed by atoms with Crippen molar-refractivity contribution in [3.05, 3.63) is 459 Å². The van der Waals surface area contributed by atoms with Crippen molar-refractivity contribution in [3.8, 4) is 112 Å². The number of rotatable bonds is 10. The molecule has 6 heteroatoms. The van der Waals surface area contributed by atoms with E-state index < -0.39 is 0 Å². The molecule has 620 valence electrons. The van der Waals surface area contributed by atoms with Crippen molar-refractivity contribution in [2.75, 3.05) is 0 Å². The van der Waals surface area contributed by atoms with Gasteiger partial charge in [0.25, 0.3) is 0 Å². The molecule has 6 aromatic heterocycles. The Bertz CT molecular complexity index is 9210. The van der Waals surface area contributed by atoms with Crippen LogP contribution in [-0.2, 0) is 10.8 Å². The lowest BCUT2D eigenvalue weighted by Gasteiger charge is -2.22. The Kier molecular flexibility index (Phi) is 16.5. The second-order valence-corrected chi connectivity index (χ2v) is 37.0. The van der Waals surface area contributed by atoms with Crippen LogP contribution >= 0.6 is 0 Å². The fraction of sp³-hybridized carbons (Fsp3) is 0.0476. The van der Waals surface area contributed by atoms with Gasteiger partial charge < -0.3 is 27.1 Å². The molecule has 0 saturated heterocycles. The van der Waals surface area contributed by atoms with Gasteiger partial charge in [-0.3, -0.25) is 0 Å². The molecule has 0 fully saturated rings. The number of benzene rings is 20. The fourth-order valence-electron chi connectivity index (χ4n) is 22.6. The summed E-state index contributed by atoms with van der Waals surface area (Å²) in [6.45, 7) is 9.42. The fourth-order valence-corrected chi connectivity index (χ4v) is 22.6. The number of furan rings is 2. The van der Waals surface area contributed by atoms with E-state index in [2.05, 4.69) is 483 Å². The van der Waals surface area contributed by atoms with E-state index in [1.807, 2.05) is 0 Å². The zero-order chi connectivity index (χ0) is 87.3. The molecule has 26 aromatic rings. The van der Waals surface area contributed by atoms with Crippen molar-refractivity contribution >= 4 is 131 Å². The van der Waals surface area contributed by atoms with Gasteiger partial charge in [-0.05, 0) is 234 Å². The van der Waals surface area contributed by atoms with E-state index in [9.17, 15) is 0 Å². The summed E-state index contributed by atoms with van der Waals surface area (Å²) < 4.78 is 23.1. The highest BCUT2D eigenvalue weighted by molar-refractivity contribution is 6.18. The number of hydrogen-bond donors (Lipinski definition) is 0. The van der Waals surface area contributed by atoms with Gasteiger partial charge in [0.2, 0.25) is 0 Å². The highest BCUT2D eigenvalue weighted by Gasteiger charge is 2.41. The molecule has 2 aliphatic rings. The molecular weight excluding hydrogens is 1600 g/mol. The first-order valence-corrected chi connectivity index (χ1v) is 45.8. The van der Waals surface area contributed by atoms with Crippen LogP contribution in [0.15, 0.2) is 446 Å². The standard InChI is InChI=1S/2C63H42N2O/c1-63(2)54-31-30-51-50-21-11-14-24-60(50)66-62(51)61(54)52-29-27-45(38-55(52)63)64-57-23-13-10-20-48(57)53-36-41(26-32-58(53)64)42-25-28-49-47-19-9-12-22-56(47)65(59(49)37-42)46-34-43(39-15-5-3-6-16-39)33-44(35-46)40-17-7-4-8-18-40;1-63(2)54-31-30-51-50-21-11-14-24-60(50)66-62(51)61(54)52-29-27-45(38-55(52)63)64-56-22-12-9-19-47(56)49-28-25-42(37-59(49)64)41-26-32-58-53(36-41)48-20-10-13-23-57(48)65(58)46-34-43(39-15-5-3-6-16-39)33-44(35-46)40-17-7-4-8-18-40/h2*3-38H,1-2H3. The Morgan fingerprint density at radius 3 is 0.826 bits per heavy atom. The van der Waals surface area contributed by atoms with E-state index >= 15 is 0 Å². The third-order valence-electron chi connectivity index (χ3n) is 29.0. The summed E-state index contributed by atoms with van der Waals surface area (Å²) in [5.41, 5.74) is 42.0. The molecule has 0 spiro atoms. The minimum absolute atomic E-state index is 0.202. The Labute approximate surface area is 762 Å². The van der Waals surface area contributed by atoms with Crippen LogP contribution in [0.4, 0.5) is 0 Å². The summed E-state index contributed by atoms with van der Waals surface area (Å²) in [6.07, 6.45) is 0. The number of para-hydroxylation sites is 6. The molecule has 0 bridgehead atoms. The van der Waals surface area contributed by atoms with Crippen LogP contribution in [0.25, 0.3) is 243 Å². The molecule has 0 saturated carbocycles. The van der Waals surface area contributed by atoms with Crippen LogP contribution < -0.4 is 0 Å². The SMILES string of the molecule is CC1(C)c2cc(-n3c4ccccc4c4cc(-c5ccc6c7ccccc7n(-c7cc(-c8ccccc8)cc(-c8ccccc8)c7)c6c5)ccc43)ccc2-c2c1ccc1c2oc2ccccc21.CC1(C)c2cc(-n3c4ccccc4c4ccc(-c5ccc6c(c5)c5ccccc5n6-c5cc(-c6ccccc6)cc(-c6ccccc6)c5)cc43)ccc2-c2c1ccc1c2oc2ccccc21. The second-order valence-electron chi connectivity index (χ2n) is 37.0. The minimum atomic E-state index is -0.210. The van der Waals surface area contributed by atoms with Crippen LogP contribution in [0.3, 0.4) is 0 Å². The number of fused-ring (bicyclic) bond motifs is 26. The van der Waals surface area contributed by atoms with E-state index in [0.29, 0.717) is 0 Å². The highest BCUT2D eigenvalue weighted by Crippen LogP contribution is 2.57.